The van der Waals surface area contributed by atoms with Gasteiger partial charge in [-0.1, -0.05) is 0 Å². The van der Waals surface area contributed by atoms with E-state index in [0.717, 1.165) is 111 Å². The Balaban J connectivity index is 1.11. The van der Waals surface area contributed by atoms with Gasteiger partial charge < -0.3 is 29.7 Å². The minimum absolute atomic E-state index is 0.0120. The Morgan fingerprint density at radius 1 is 0.958 bits per heavy atom. The van der Waals surface area contributed by atoms with Crippen LogP contribution in [-0.2, 0) is 6.54 Å². The number of ether oxygens (including phenoxy) is 1. The molecule has 4 aromatic rings. The van der Waals surface area contributed by atoms with E-state index in [-0.39, 0.29) is 36.1 Å². The molecule has 4 saturated heterocycles. The number of aryl methyl sites for hydroxylation is 1. The van der Waals surface area contributed by atoms with Crippen molar-refractivity contribution in [3.63, 3.8) is 0 Å². The van der Waals surface area contributed by atoms with E-state index >= 15 is 0 Å². The quantitative estimate of drug-likeness (QED) is 0.294. The molecule has 5 fully saturated rings. The molecule has 11 heteroatoms. The van der Waals surface area contributed by atoms with Gasteiger partial charge in [-0.15, -0.1) is 0 Å². The van der Waals surface area contributed by atoms with Crippen molar-refractivity contribution in [1.82, 2.24) is 33.6 Å². The summed E-state index contributed by atoms with van der Waals surface area (Å²) in [5.41, 5.74) is 12.4. The number of fused-ring (bicyclic) bond motifs is 4. The van der Waals surface area contributed by atoms with E-state index in [1.165, 1.54) is 12.8 Å². The second-order valence-electron chi connectivity index (χ2n) is 14.9. The van der Waals surface area contributed by atoms with E-state index in [2.05, 4.69) is 34.6 Å². The van der Waals surface area contributed by atoms with Crippen LogP contribution in [0.1, 0.15) is 92.0 Å². The Labute approximate surface area is 281 Å². The maximum atomic E-state index is 13.9. The van der Waals surface area contributed by atoms with Crippen LogP contribution >= 0.6 is 0 Å². The number of nitrogens with zero attached hydrogens (tertiary/aromatic N) is 7. The van der Waals surface area contributed by atoms with Crippen LogP contribution in [0, 0.1) is 12.8 Å². The van der Waals surface area contributed by atoms with Crippen LogP contribution in [0.2, 0.25) is 0 Å². The highest BCUT2D eigenvalue weighted by molar-refractivity contribution is 5.97. The van der Waals surface area contributed by atoms with Crippen molar-refractivity contribution < 1.29 is 14.3 Å². The predicted molar refractivity (Wildman–Crippen MR) is 183 cm³/mol. The zero-order chi connectivity index (χ0) is 32.7. The van der Waals surface area contributed by atoms with Gasteiger partial charge in [-0.05, 0) is 101 Å². The van der Waals surface area contributed by atoms with Crippen molar-refractivity contribution in [2.45, 2.75) is 102 Å². The highest BCUT2D eigenvalue weighted by Crippen LogP contribution is 2.41. The molecule has 252 valence electrons. The molecule has 1 aliphatic carbocycles. The molecule has 3 amide bonds. The maximum Gasteiger partial charge on any atom is 0.320 e. The molecule has 1 saturated carbocycles. The molecule has 11 nitrogen and oxygen atoms in total. The first-order chi connectivity index (χ1) is 23.4. The van der Waals surface area contributed by atoms with Crippen molar-refractivity contribution in [1.29, 1.82) is 0 Å². The number of carbonyl (C=O) groups is 2. The highest BCUT2D eigenvalue weighted by Gasteiger charge is 2.47. The van der Waals surface area contributed by atoms with Crippen molar-refractivity contribution in [3.8, 4) is 17.3 Å². The molecule has 1 unspecified atom stereocenters. The fraction of sp³-hybridized carbons (Fsp3) is 0.568. The summed E-state index contributed by atoms with van der Waals surface area (Å²) < 4.78 is 10.2. The largest absolute Gasteiger partial charge is 0.482 e. The summed E-state index contributed by atoms with van der Waals surface area (Å²) in [7, 11) is 1.65. The molecule has 48 heavy (non-hydrogen) atoms. The molecule has 4 atom stereocenters. The maximum absolute atomic E-state index is 13.9. The predicted octanol–water partition coefficient (Wildman–Crippen LogP) is 5.53. The van der Waals surface area contributed by atoms with Crippen molar-refractivity contribution in [2.75, 3.05) is 26.7 Å². The average Bonchev–Trinajstić information content (AvgIpc) is 3.52. The first-order valence-electron chi connectivity index (χ1n) is 18.1. The second kappa shape index (κ2) is 11.5. The lowest BCUT2D eigenvalue weighted by Gasteiger charge is -2.37. The van der Waals surface area contributed by atoms with Crippen LogP contribution < -0.4 is 10.5 Å². The van der Waals surface area contributed by atoms with Crippen LogP contribution in [0.15, 0.2) is 30.3 Å². The zero-order valence-corrected chi connectivity index (χ0v) is 28.1. The van der Waals surface area contributed by atoms with E-state index in [0.29, 0.717) is 23.0 Å². The number of nitrogens with two attached hydrogens (primary N) is 1. The SMILES string of the molecule is COc1cc(C(=O)N2[C@H]3CC[C@@H]2[C@H](N)C3)cc2nc(-c3cc4ccc(C5CCCCN5C(=O)N5CCCC5)nc4n3CC3CC3)c(C)n12. The first-order valence-corrected chi connectivity index (χ1v) is 18.1. The van der Waals surface area contributed by atoms with Crippen LogP contribution in [-0.4, -0.2) is 90.4 Å². The van der Waals surface area contributed by atoms with Crippen LogP contribution in [0.4, 0.5) is 4.79 Å². The summed E-state index contributed by atoms with van der Waals surface area (Å²) in [4.78, 5) is 44.1. The van der Waals surface area contributed by atoms with Gasteiger partial charge in [0.1, 0.15) is 17.0 Å². The first kappa shape index (κ1) is 30.0. The molecule has 8 heterocycles. The normalized spacial score (nSPS) is 25.6. The summed E-state index contributed by atoms with van der Waals surface area (Å²) in [5.74, 6) is 1.22. The molecule has 2 N–H and O–H groups in total. The summed E-state index contributed by atoms with van der Waals surface area (Å²) in [6, 6.07) is 10.8. The molecule has 9 rings (SSSR count). The topological polar surface area (TPSA) is 114 Å². The number of rotatable bonds is 6. The molecule has 0 radical (unpaired) electrons. The van der Waals surface area contributed by atoms with Gasteiger partial charge in [0.05, 0.1) is 30.2 Å². The Bertz CT molecular complexity index is 1920. The third-order valence-corrected chi connectivity index (χ3v) is 11.8. The second-order valence-corrected chi connectivity index (χ2v) is 14.9. The summed E-state index contributed by atoms with van der Waals surface area (Å²) >= 11 is 0. The highest BCUT2D eigenvalue weighted by atomic mass is 16.5. The smallest absolute Gasteiger partial charge is 0.320 e. The number of amides is 3. The third-order valence-electron chi connectivity index (χ3n) is 11.8. The van der Waals surface area contributed by atoms with Gasteiger partial charge >= 0.3 is 6.03 Å². The van der Waals surface area contributed by atoms with Crippen LogP contribution in [0.3, 0.4) is 0 Å². The molecular formula is C37H46N8O3. The summed E-state index contributed by atoms with van der Waals surface area (Å²) in [6.07, 6.45) is 10.5. The molecule has 0 aromatic carbocycles. The fourth-order valence-electron chi connectivity index (χ4n) is 9.12. The van der Waals surface area contributed by atoms with E-state index < -0.39 is 0 Å². The lowest BCUT2D eigenvalue weighted by atomic mass is 9.97. The van der Waals surface area contributed by atoms with E-state index in [9.17, 15) is 9.59 Å². The fourth-order valence-corrected chi connectivity index (χ4v) is 9.12. The van der Waals surface area contributed by atoms with Crippen LogP contribution in [0.25, 0.3) is 28.1 Å². The third kappa shape index (κ3) is 4.79. The monoisotopic (exact) mass is 650 g/mol. The van der Waals surface area contributed by atoms with Crippen molar-refractivity contribution >= 4 is 28.6 Å². The van der Waals surface area contributed by atoms with E-state index in [4.69, 9.17) is 20.4 Å². The summed E-state index contributed by atoms with van der Waals surface area (Å²) in [6.45, 7) is 5.44. The average molecular weight is 651 g/mol. The van der Waals surface area contributed by atoms with Gasteiger partial charge in [0, 0.05) is 61.3 Å². The van der Waals surface area contributed by atoms with Crippen LogP contribution in [0.5, 0.6) is 5.88 Å². The van der Waals surface area contributed by atoms with Gasteiger partial charge in [-0.2, -0.15) is 0 Å². The number of hydrogen-bond donors (Lipinski definition) is 1. The van der Waals surface area contributed by atoms with E-state index in [1.807, 2.05) is 26.3 Å². The number of likely N-dealkylation sites (tertiary alicyclic amines) is 2. The number of pyridine rings is 2. The standard InChI is InChI=1S/C37H46N8O3/c1-22-34(40-32-18-25(19-33(48-2)44(22)32)36(46)45-26-11-13-29(45)27(38)20-26)31-17-24-10-12-28(39-35(24)43(31)21-23-8-9-23)30-7-3-4-16-42(30)37(47)41-14-5-6-15-41/h10,12,17-19,23,26-27,29-30H,3-9,11,13-16,20-21,38H2,1-2H3/t26-,27+,29+,30?/m0/s1. The molecular weight excluding hydrogens is 604 g/mol. The molecule has 0 spiro atoms. The number of aromatic nitrogens is 4. The Kier molecular flexibility index (Phi) is 7.18. The van der Waals surface area contributed by atoms with E-state index in [1.54, 1.807) is 7.11 Å². The number of piperidine rings is 1. The number of hydrogen-bond acceptors (Lipinski definition) is 6. The van der Waals surface area contributed by atoms with Gasteiger partial charge in [-0.25, -0.2) is 14.8 Å². The molecule has 5 aliphatic rings. The van der Waals surface area contributed by atoms with Gasteiger partial charge in [-0.3, -0.25) is 9.20 Å². The Hall–Kier alpha value is -4.12. The molecule has 4 aliphatic heterocycles. The lowest BCUT2D eigenvalue weighted by molar-refractivity contribution is 0.0726. The Morgan fingerprint density at radius 3 is 2.50 bits per heavy atom. The molecule has 2 bridgehead atoms. The van der Waals surface area contributed by atoms with Crippen molar-refractivity contribution in [3.05, 3.63) is 47.3 Å². The summed E-state index contributed by atoms with van der Waals surface area (Å²) in [5, 5.41) is 1.07. The minimum atomic E-state index is -0.0125. The van der Waals surface area contributed by atoms with Gasteiger partial charge in [0.25, 0.3) is 5.91 Å². The number of methoxy groups -OCH3 is 1. The zero-order valence-electron chi connectivity index (χ0n) is 28.1. The number of imidazole rings is 1. The lowest BCUT2D eigenvalue weighted by Crippen LogP contribution is -2.46. The minimum Gasteiger partial charge on any atom is -0.482 e. The number of urea groups is 1. The van der Waals surface area contributed by atoms with Gasteiger partial charge in [0.2, 0.25) is 0 Å². The number of carbonyl (C=O) groups excluding carboxylic acids is 2. The molecule has 4 aromatic heterocycles. The van der Waals surface area contributed by atoms with Crippen molar-refractivity contribution in [2.24, 2.45) is 11.7 Å². The Morgan fingerprint density at radius 2 is 1.77 bits per heavy atom. The van der Waals surface area contributed by atoms with Gasteiger partial charge in [0.15, 0.2) is 5.88 Å².